The summed E-state index contributed by atoms with van der Waals surface area (Å²) in [5.74, 6) is 0.679. The molecule has 0 aliphatic carbocycles. The molecule has 1 amide bonds. The van der Waals surface area contributed by atoms with E-state index >= 15 is 0 Å². The molecule has 6 heteroatoms. The molecule has 2 aromatic carbocycles. The lowest BCUT2D eigenvalue weighted by molar-refractivity contribution is 0.0993. The van der Waals surface area contributed by atoms with E-state index in [1.807, 2.05) is 67.6 Å². The standard InChI is InChI=1S/C21H19N5O/c1-14-19-18(25-24-14)12-13-22-20(19)23-16-10-8-15(9-11-16)21(27)26(2)17-6-4-3-5-7-17/h3-13H,1-2H3,(H,22,23)(H,24,25). The highest BCUT2D eigenvalue weighted by atomic mass is 16.2. The Bertz CT molecular complexity index is 1090. The summed E-state index contributed by atoms with van der Waals surface area (Å²) in [6.07, 6.45) is 1.73. The van der Waals surface area contributed by atoms with Gasteiger partial charge in [-0.15, -0.1) is 0 Å². The first kappa shape index (κ1) is 16.8. The smallest absolute Gasteiger partial charge is 0.258 e. The number of hydrogen-bond donors (Lipinski definition) is 2. The van der Waals surface area contributed by atoms with Gasteiger partial charge in [0.25, 0.3) is 5.91 Å². The number of pyridine rings is 1. The van der Waals surface area contributed by atoms with Crippen molar-refractivity contribution in [3.8, 4) is 0 Å². The highest BCUT2D eigenvalue weighted by Crippen LogP contribution is 2.26. The molecule has 0 unspecified atom stereocenters. The molecule has 4 rings (SSSR count). The third kappa shape index (κ3) is 3.25. The van der Waals surface area contributed by atoms with E-state index in [4.69, 9.17) is 0 Å². The summed E-state index contributed by atoms with van der Waals surface area (Å²) >= 11 is 0. The Kier molecular flexibility index (Phi) is 4.30. The van der Waals surface area contributed by atoms with Gasteiger partial charge in [-0.3, -0.25) is 9.89 Å². The van der Waals surface area contributed by atoms with Crippen molar-refractivity contribution in [2.24, 2.45) is 0 Å². The average Bonchev–Trinajstić information content (AvgIpc) is 3.10. The van der Waals surface area contributed by atoms with Crippen LogP contribution < -0.4 is 10.2 Å². The summed E-state index contributed by atoms with van der Waals surface area (Å²) in [5, 5.41) is 11.5. The third-order valence-corrected chi connectivity index (χ3v) is 4.50. The lowest BCUT2D eigenvalue weighted by Gasteiger charge is -2.17. The zero-order valence-electron chi connectivity index (χ0n) is 15.1. The van der Waals surface area contributed by atoms with Gasteiger partial charge in [0.05, 0.1) is 16.6 Å². The number of amides is 1. The fourth-order valence-electron chi connectivity index (χ4n) is 3.01. The van der Waals surface area contributed by atoms with Crippen LogP contribution in [0.2, 0.25) is 0 Å². The number of aryl methyl sites for hydroxylation is 1. The molecule has 0 saturated heterocycles. The van der Waals surface area contributed by atoms with Crippen LogP contribution in [0.1, 0.15) is 16.1 Å². The van der Waals surface area contributed by atoms with Crippen LogP contribution in [0.25, 0.3) is 10.9 Å². The molecular formula is C21H19N5O. The molecule has 0 saturated carbocycles. The Balaban J connectivity index is 1.55. The second-order valence-corrected chi connectivity index (χ2v) is 6.29. The van der Waals surface area contributed by atoms with Gasteiger partial charge in [0.1, 0.15) is 5.82 Å². The second-order valence-electron chi connectivity index (χ2n) is 6.29. The van der Waals surface area contributed by atoms with Gasteiger partial charge in [0.15, 0.2) is 0 Å². The van der Waals surface area contributed by atoms with Crippen molar-refractivity contribution >= 4 is 34.0 Å². The van der Waals surface area contributed by atoms with Gasteiger partial charge >= 0.3 is 0 Å². The summed E-state index contributed by atoms with van der Waals surface area (Å²) in [7, 11) is 1.77. The van der Waals surface area contributed by atoms with Crippen LogP contribution in [0.3, 0.4) is 0 Å². The SMILES string of the molecule is Cc1n[nH]c2ccnc(Nc3ccc(C(=O)N(C)c4ccccc4)cc3)c12. The van der Waals surface area contributed by atoms with E-state index in [2.05, 4.69) is 20.5 Å². The summed E-state index contributed by atoms with van der Waals surface area (Å²) in [4.78, 5) is 18.7. The van der Waals surface area contributed by atoms with E-state index in [0.717, 1.165) is 33.8 Å². The third-order valence-electron chi connectivity index (χ3n) is 4.50. The minimum absolute atomic E-state index is 0.0568. The van der Waals surface area contributed by atoms with Crippen LogP contribution >= 0.6 is 0 Å². The van der Waals surface area contributed by atoms with Crippen LogP contribution in [0.15, 0.2) is 66.9 Å². The van der Waals surface area contributed by atoms with E-state index in [9.17, 15) is 4.79 Å². The predicted octanol–water partition coefficient (Wildman–Crippen LogP) is 4.29. The van der Waals surface area contributed by atoms with Crippen molar-refractivity contribution in [3.63, 3.8) is 0 Å². The van der Waals surface area contributed by atoms with Crippen molar-refractivity contribution in [2.75, 3.05) is 17.3 Å². The lowest BCUT2D eigenvalue weighted by atomic mass is 10.1. The van der Waals surface area contributed by atoms with Crippen molar-refractivity contribution < 1.29 is 4.79 Å². The van der Waals surface area contributed by atoms with Crippen molar-refractivity contribution in [2.45, 2.75) is 6.92 Å². The minimum Gasteiger partial charge on any atom is -0.340 e. The molecule has 4 aromatic rings. The fraction of sp³-hybridized carbons (Fsp3) is 0.0952. The van der Waals surface area contributed by atoms with Gasteiger partial charge < -0.3 is 10.2 Å². The number of hydrogen-bond acceptors (Lipinski definition) is 4. The molecular weight excluding hydrogens is 338 g/mol. The van der Waals surface area contributed by atoms with Crippen LogP contribution in [-0.2, 0) is 0 Å². The molecule has 0 spiro atoms. The number of para-hydroxylation sites is 1. The lowest BCUT2D eigenvalue weighted by Crippen LogP contribution is -2.26. The molecule has 134 valence electrons. The molecule has 0 aliphatic heterocycles. The highest BCUT2D eigenvalue weighted by molar-refractivity contribution is 6.06. The van der Waals surface area contributed by atoms with E-state index < -0.39 is 0 Å². The number of nitrogens with zero attached hydrogens (tertiary/aromatic N) is 3. The number of rotatable bonds is 4. The number of aromatic amines is 1. The first-order valence-electron chi connectivity index (χ1n) is 8.63. The van der Waals surface area contributed by atoms with Gasteiger partial charge in [0.2, 0.25) is 0 Å². The molecule has 0 radical (unpaired) electrons. The number of fused-ring (bicyclic) bond motifs is 1. The molecule has 0 atom stereocenters. The van der Waals surface area contributed by atoms with Gasteiger partial charge in [-0.25, -0.2) is 4.98 Å². The number of anilines is 3. The van der Waals surface area contributed by atoms with E-state index in [1.54, 1.807) is 18.1 Å². The Morgan fingerprint density at radius 1 is 1.04 bits per heavy atom. The number of nitrogens with one attached hydrogen (secondary N) is 2. The van der Waals surface area contributed by atoms with Gasteiger partial charge in [-0.1, -0.05) is 18.2 Å². The maximum atomic E-state index is 12.7. The van der Waals surface area contributed by atoms with Crippen LogP contribution in [0, 0.1) is 6.92 Å². The van der Waals surface area contributed by atoms with Gasteiger partial charge in [0, 0.05) is 30.2 Å². The van der Waals surface area contributed by atoms with E-state index in [1.165, 1.54) is 0 Å². The number of H-pyrrole nitrogens is 1. The maximum absolute atomic E-state index is 12.7. The largest absolute Gasteiger partial charge is 0.340 e. The van der Waals surface area contributed by atoms with Crippen LogP contribution in [-0.4, -0.2) is 28.1 Å². The van der Waals surface area contributed by atoms with Crippen LogP contribution in [0.4, 0.5) is 17.2 Å². The van der Waals surface area contributed by atoms with Gasteiger partial charge in [-0.05, 0) is 49.4 Å². The minimum atomic E-state index is -0.0568. The van der Waals surface area contributed by atoms with Gasteiger partial charge in [-0.2, -0.15) is 5.10 Å². The topological polar surface area (TPSA) is 73.9 Å². The van der Waals surface area contributed by atoms with E-state index in [-0.39, 0.29) is 5.91 Å². The molecule has 2 aromatic heterocycles. The molecule has 2 heterocycles. The number of carbonyl (C=O) groups is 1. The summed E-state index contributed by atoms with van der Waals surface area (Å²) in [5.41, 5.74) is 4.15. The molecule has 2 N–H and O–H groups in total. The zero-order valence-corrected chi connectivity index (χ0v) is 15.1. The summed E-state index contributed by atoms with van der Waals surface area (Å²) < 4.78 is 0. The van der Waals surface area contributed by atoms with Crippen LogP contribution in [0.5, 0.6) is 0 Å². The molecule has 27 heavy (non-hydrogen) atoms. The number of carbonyl (C=O) groups excluding carboxylic acids is 1. The predicted molar refractivity (Wildman–Crippen MR) is 108 cm³/mol. The Morgan fingerprint density at radius 2 is 1.78 bits per heavy atom. The molecule has 0 bridgehead atoms. The zero-order chi connectivity index (χ0) is 18.8. The maximum Gasteiger partial charge on any atom is 0.258 e. The molecule has 0 aliphatic rings. The quantitative estimate of drug-likeness (QED) is 0.571. The Labute approximate surface area is 156 Å². The highest BCUT2D eigenvalue weighted by Gasteiger charge is 2.13. The Morgan fingerprint density at radius 3 is 2.52 bits per heavy atom. The average molecular weight is 357 g/mol. The molecule has 0 fully saturated rings. The number of aromatic nitrogens is 3. The van der Waals surface area contributed by atoms with Crippen molar-refractivity contribution in [1.82, 2.24) is 15.2 Å². The first-order valence-corrected chi connectivity index (χ1v) is 8.63. The fourth-order valence-corrected chi connectivity index (χ4v) is 3.01. The second kappa shape index (κ2) is 6.92. The number of benzene rings is 2. The normalized spacial score (nSPS) is 10.7. The summed E-state index contributed by atoms with van der Waals surface area (Å²) in [6.45, 7) is 1.94. The first-order chi connectivity index (χ1) is 13.1. The molecule has 6 nitrogen and oxygen atoms in total. The van der Waals surface area contributed by atoms with Crippen molar-refractivity contribution in [3.05, 3.63) is 78.1 Å². The Hall–Kier alpha value is -3.67. The van der Waals surface area contributed by atoms with Crippen molar-refractivity contribution in [1.29, 1.82) is 0 Å². The van der Waals surface area contributed by atoms with E-state index in [0.29, 0.717) is 5.56 Å². The monoisotopic (exact) mass is 357 g/mol. The summed E-state index contributed by atoms with van der Waals surface area (Å²) in [6, 6.07) is 18.8.